The van der Waals surface area contributed by atoms with Crippen LogP contribution < -0.4 is 15.4 Å². The van der Waals surface area contributed by atoms with E-state index in [1.54, 1.807) is 25.4 Å². The SMILES string of the molecule is CN=C(NCc1ccccc1F)NCc1cccnc1OCc1ccccc1.I. The molecule has 0 fully saturated rings. The van der Waals surface area contributed by atoms with Gasteiger partial charge in [-0.15, -0.1) is 24.0 Å². The van der Waals surface area contributed by atoms with E-state index in [9.17, 15) is 4.39 Å². The number of rotatable bonds is 7. The lowest BCUT2D eigenvalue weighted by Crippen LogP contribution is -2.36. The summed E-state index contributed by atoms with van der Waals surface area (Å²) in [4.78, 5) is 8.51. The summed E-state index contributed by atoms with van der Waals surface area (Å²) >= 11 is 0. The third-order valence-electron chi connectivity index (χ3n) is 4.14. The summed E-state index contributed by atoms with van der Waals surface area (Å²) in [6.07, 6.45) is 1.70. The first-order chi connectivity index (χ1) is 13.8. The quantitative estimate of drug-likeness (QED) is 0.286. The van der Waals surface area contributed by atoms with Crippen LogP contribution in [0.25, 0.3) is 0 Å². The average molecular weight is 506 g/mol. The predicted molar refractivity (Wildman–Crippen MR) is 124 cm³/mol. The van der Waals surface area contributed by atoms with Gasteiger partial charge >= 0.3 is 0 Å². The molecule has 0 atom stereocenters. The molecule has 0 spiro atoms. The van der Waals surface area contributed by atoms with E-state index in [0.717, 1.165) is 11.1 Å². The molecule has 3 aromatic rings. The Kier molecular flexibility index (Phi) is 9.36. The first-order valence-corrected chi connectivity index (χ1v) is 9.05. The van der Waals surface area contributed by atoms with Crippen molar-refractivity contribution < 1.29 is 9.13 Å². The van der Waals surface area contributed by atoms with Gasteiger partial charge in [0.25, 0.3) is 0 Å². The molecule has 0 saturated carbocycles. The first kappa shape index (κ1) is 22.6. The van der Waals surface area contributed by atoms with E-state index in [4.69, 9.17) is 4.74 Å². The van der Waals surface area contributed by atoms with Crippen molar-refractivity contribution in [3.8, 4) is 5.88 Å². The molecule has 1 aromatic heterocycles. The van der Waals surface area contributed by atoms with Crippen LogP contribution in [0.3, 0.4) is 0 Å². The number of aromatic nitrogens is 1. The third-order valence-corrected chi connectivity index (χ3v) is 4.14. The van der Waals surface area contributed by atoms with Crippen molar-refractivity contribution in [2.24, 2.45) is 4.99 Å². The van der Waals surface area contributed by atoms with E-state index in [0.29, 0.717) is 37.1 Å². The Morgan fingerprint density at radius 1 is 0.931 bits per heavy atom. The topological polar surface area (TPSA) is 58.5 Å². The second-order valence-electron chi connectivity index (χ2n) is 6.11. The van der Waals surface area contributed by atoms with Gasteiger partial charge in [0.05, 0.1) is 0 Å². The average Bonchev–Trinajstić information content (AvgIpc) is 2.75. The van der Waals surface area contributed by atoms with Crippen LogP contribution in [0.2, 0.25) is 0 Å². The lowest BCUT2D eigenvalue weighted by molar-refractivity contribution is 0.290. The largest absolute Gasteiger partial charge is 0.473 e. The Bertz CT molecular complexity index is 921. The van der Waals surface area contributed by atoms with Crippen LogP contribution in [0.15, 0.2) is 77.9 Å². The van der Waals surface area contributed by atoms with Crippen LogP contribution in [0.5, 0.6) is 5.88 Å². The minimum absolute atomic E-state index is 0. The Morgan fingerprint density at radius 3 is 2.31 bits per heavy atom. The first-order valence-electron chi connectivity index (χ1n) is 9.05. The van der Waals surface area contributed by atoms with Crippen molar-refractivity contribution in [1.82, 2.24) is 15.6 Å². The lowest BCUT2D eigenvalue weighted by Gasteiger charge is -2.14. The Hall–Kier alpha value is -2.68. The zero-order valence-electron chi connectivity index (χ0n) is 16.1. The van der Waals surface area contributed by atoms with Gasteiger partial charge in [-0.05, 0) is 17.7 Å². The summed E-state index contributed by atoms with van der Waals surface area (Å²) in [7, 11) is 1.67. The van der Waals surface area contributed by atoms with E-state index in [1.807, 2.05) is 48.5 Å². The van der Waals surface area contributed by atoms with Gasteiger partial charge in [0.2, 0.25) is 5.88 Å². The Labute approximate surface area is 187 Å². The number of nitrogens with zero attached hydrogens (tertiary/aromatic N) is 2. The van der Waals surface area contributed by atoms with Gasteiger partial charge in [-0.2, -0.15) is 0 Å². The highest BCUT2D eigenvalue weighted by Gasteiger charge is 2.07. The second kappa shape index (κ2) is 12.0. The van der Waals surface area contributed by atoms with Crippen LogP contribution in [0.4, 0.5) is 4.39 Å². The highest BCUT2D eigenvalue weighted by atomic mass is 127. The molecule has 3 rings (SSSR count). The van der Waals surface area contributed by atoms with Gasteiger partial charge in [0, 0.05) is 37.5 Å². The van der Waals surface area contributed by atoms with Gasteiger partial charge in [0.1, 0.15) is 12.4 Å². The van der Waals surface area contributed by atoms with Crippen LogP contribution >= 0.6 is 24.0 Å². The lowest BCUT2D eigenvalue weighted by atomic mass is 10.2. The van der Waals surface area contributed by atoms with Crippen LogP contribution in [0.1, 0.15) is 16.7 Å². The van der Waals surface area contributed by atoms with Crippen molar-refractivity contribution >= 4 is 29.9 Å². The molecule has 0 unspecified atom stereocenters. The molecule has 152 valence electrons. The number of pyridine rings is 1. The molecule has 5 nitrogen and oxygen atoms in total. The fourth-order valence-electron chi connectivity index (χ4n) is 2.63. The Morgan fingerprint density at radius 2 is 1.59 bits per heavy atom. The number of hydrogen-bond acceptors (Lipinski definition) is 3. The fourth-order valence-corrected chi connectivity index (χ4v) is 2.63. The molecule has 1 heterocycles. The van der Waals surface area contributed by atoms with Gasteiger partial charge < -0.3 is 15.4 Å². The van der Waals surface area contributed by atoms with Gasteiger partial charge in [-0.25, -0.2) is 9.37 Å². The zero-order valence-corrected chi connectivity index (χ0v) is 18.5. The van der Waals surface area contributed by atoms with E-state index >= 15 is 0 Å². The van der Waals surface area contributed by atoms with Crippen molar-refractivity contribution in [2.45, 2.75) is 19.7 Å². The standard InChI is InChI=1S/C22H23FN4O.HI/c1-24-22(26-14-18-10-5-6-12-20(18)23)27-15-19-11-7-13-25-21(19)28-16-17-8-3-2-4-9-17;/h2-13H,14-16H2,1H3,(H2,24,26,27);1H. The van der Waals surface area contributed by atoms with E-state index in [1.165, 1.54) is 6.07 Å². The number of hydrogen-bond donors (Lipinski definition) is 2. The minimum atomic E-state index is -0.241. The number of benzene rings is 2. The zero-order chi connectivity index (χ0) is 19.6. The smallest absolute Gasteiger partial charge is 0.218 e. The number of guanidine groups is 1. The highest BCUT2D eigenvalue weighted by Crippen LogP contribution is 2.16. The van der Waals surface area contributed by atoms with E-state index in [2.05, 4.69) is 20.6 Å². The van der Waals surface area contributed by atoms with E-state index < -0.39 is 0 Å². The summed E-state index contributed by atoms with van der Waals surface area (Å²) < 4.78 is 19.6. The molecule has 0 radical (unpaired) electrons. The molecule has 2 aromatic carbocycles. The molecule has 7 heteroatoms. The maximum absolute atomic E-state index is 13.7. The van der Waals surface area contributed by atoms with E-state index in [-0.39, 0.29) is 29.8 Å². The number of halogens is 2. The van der Waals surface area contributed by atoms with Crippen LogP contribution in [-0.4, -0.2) is 18.0 Å². The molecule has 29 heavy (non-hydrogen) atoms. The highest BCUT2D eigenvalue weighted by molar-refractivity contribution is 14.0. The monoisotopic (exact) mass is 506 g/mol. The number of ether oxygens (including phenoxy) is 1. The maximum Gasteiger partial charge on any atom is 0.218 e. The summed E-state index contributed by atoms with van der Waals surface area (Å²) in [6.45, 7) is 1.27. The summed E-state index contributed by atoms with van der Waals surface area (Å²) in [5, 5.41) is 6.32. The van der Waals surface area contributed by atoms with Crippen molar-refractivity contribution in [3.63, 3.8) is 0 Å². The molecule has 2 N–H and O–H groups in total. The van der Waals surface area contributed by atoms with Crippen molar-refractivity contribution in [1.29, 1.82) is 0 Å². The fraction of sp³-hybridized carbons (Fsp3) is 0.182. The van der Waals surface area contributed by atoms with Crippen molar-refractivity contribution in [2.75, 3.05) is 7.05 Å². The maximum atomic E-state index is 13.7. The minimum Gasteiger partial charge on any atom is -0.473 e. The van der Waals surface area contributed by atoms with Gasteiger partial charge in [-0.1, -0.05) is 54.6 Å². The number of aliphatic imine (C=N–C) groups is 1. The second-order valence-corrected chi connectivity index (χ2v) is 6.11. The summed E-state index contributed by atoms with van der Waals surface area (Å²) in [5.74, 6) is 0.902. The third kappa shape index (κ3) is 7.01. The molecular formula is C22H24FIN4O. The molecule has 0 bridgehead atoms. The molecule has 0 saturated heterocycles. The normalized spacial score (nSPS) is 10.8. The Balaban J connectivity index is 0.00000300. The van der Waals surface area contributed by atoms with Gasteiger partial charge in [-0.3, -0.25) is 4.99 Å². The molecule has 0 aliphatic rings. The van der Waals surface area contributed by atoms with Crippen LogP contribution in [0, 0.1) is 5.82 Å². The number of nitrogens with one attached hydrogen (secondary N) is 2. The molecular weight excluding hydrogens is 482 g/mol. The molecule has 0 aliphatic heterocycles. The summed E-state index contributed by atoms with van der Waals surface area (Å²) in [6, 6.07) is 20.4. The molecule has 0 amide bonds. The predicted octanol–water partition coefficient (Wildman–Crippen LogP) is 4.28. The van der Waals surface area contributed by atoms with Gasteiger partial charge in [0.15, 0.2) is 5.96 Å². The van der Waals surface area contributed by atoms with Crippen LogP contribution in [-0.2, 0) is 19.7 Å². The van der Waals surface area contributed by atoms with Crippen molar-refractivity contribution in [3.05, 3.63) is 95.4 Å². The summed E-state index contributed by atoms with van der Waals surface area (Å²) in [5.41, 5.74) is 2.57. The molecule has 0 aliphatic carbocycles.